The molecule has 0 aromatic heterocycles. The number of hydrogen-bond donors (Lipinski definition) is 1. The summed E-state index contributed by atoms with van der Waals surface area (Å²) in [5.41, 5.74) is 0. The maximum Gasteiger partial charge on any atom is 0.246 e. The summed E-state index contributed by atoms with van der Waals surface area (Å²) in [6, 6.07) is -0.663. The van der Waals surface area contributed by atoms with Crippen LogP contribution in [0.25, 0.3) is 0 Å². The molecule has 0 aromatic carbocycles. The lowest BCUT2D eigenvalue weighted by molar-refractivity contribution is -0.151. The van der Waals surface area contributed by atoms with Gasteiger partial charge in [-0.25, -0.2) is 0 Å². The molecule has 0 bridgehead atoms. The first kappa shape index (κ1) is 16.3. The zero-order chi connectivity index (χ0) is 14.6. The van der Waals surface area contributed by atoms with Crippen LogP contribution in [0.15, 0.2) is 0 Å². The van der Waals surface area contributed by atoms with Crippen LogP contribution in [-0.4, -0.2) is 47.4 Å². The Hall–Kier alpha value is -0.710. The molecule has 0 radical (unpaired) electrons. The van der Waals surface area contributed by atoms with E-state index in [9.17, 15) is 9.59 Å². The van der Waals surface area contributed by atoms with Gasteiger partial charge in [0.15, 0.2) is 0 Å². The van der Waals surface area contributed by atoms with Gasteiger partial charge in [0.05, 0.1) is 0 Å². The standard InChI is InChI=1S/C14H26N2O2S/c1-6-11-13(17)15-12(9(2)3)14(18)16(11)7-10(4)8-19-5/h9-12H,6-8H2,1-5H3,(H,15,17). The molecular formula is C14H26N2O2S. The van der Waals surface area contributed by atoms with Crippen molar-refractivity contribution >= 4 is 23.6 Å². The second-order valence-electron chi connectivity index (χ2n) is 5.71. The van der Waals surface area contributed by atoms with Gasteiger partial charge in [-0.15, -0.1) is 0 Å². The van der Waals surface area contributed by atoms with Crippen molar-refractivity contribution in [2.75, 3.05) is 18.6 Å². The van der Waals surface area contributed by atoms with Gasteiger partial charge in [-0.1, -0.05) is 27.7 Å². The highest BCUT2D eigenvalue weighted by Gasteiger charge is 2.40. The quantitative estimate of drug-likeness (QED) is 0.809. The van der Waals surface area contributed by atoms with Gasteiger partial charge in [-0.3, -0.25) is 9.59 Å². The van der Waals surface area contributed by atoms with Crippen molar-refractivity contribution in [3.63, 3.8) is 0 Å². The third kappa shape index (κ3) is 3.88. The van der Waals surface area contributed by atoms with Crippen LogP contribution in [0.3, 0.4) is 0 Å². The minimum absolute atomic E-state index is 0.00264. The minimum Gasteiger partial charge on any atom is -0.342 e. The Kier molecular flexibility index (Phi) is 6.17. The summed E-state index contributed by atoms with van der Waals surface area (Å²) in [5, 5.41) is 2.87. The van der Waals surface area contributed by atoms with E-state index in [0.29, 0.717) is 18.9 Å². The molecule has 1 heterocycles. The molecule has 4 nitrogen and oxygen atoms in total. The molecule has 19 heavy (non-hydrogen) atoms. The SMILES string of the molecule is CCC1C(=O)NC(C(C)C)C(=O)N1CC(C)CSC. The van der Waals surface area contributed by atoms with E-state index >= 15 is 0 Å². The van der Waals surface area contributed by atoms with Gasteiger partial charge in [-0.2, -0.15) is 11.8 Å². The summed E-state index contributed by atoms with van der Waals surface area (Å²) >= 11 is 1.78. The van der Waals surface area contributed by atoms with Crippen LogP contribution < -0.4 is 5.32 Å². The van der Waals surface area contributed by atoms with Crippen LogP contribution >= 0.6 is 11.8 Å². The Balaban J connectivity index is 2.86. The number of amides is 2. The highest BCUT2D eigenvalue weighted by atomic mass is 32.2. The maximum atomic E-state index is 12.5. The van der Waals surface area contributed by atoms with Gasteiger partial charge in [0, 0.05) is 6.54 Å². The molecular weight excluding hydrogens is 260 g/mol. The zero-order valence-electron chi connectivity index (χ0n) is 12.6. The number of rotatable bonds is 6. The van der Waals surface area contributed by atoms with Crippen LogP contribution in [0.4, 0.5) is 0 Å². The topological polar surface area (TPSA) is 49.4 Å². The average molecular weight is 286 g/mol. The first-order valence-electron chi connectivity index (χ1n) is 7.02. The number of nitrogens with zero attached hydrogens (tertiary/aromatic N) is 1. The number of hydrogen-bond acceptors (Lipinski definition) is 3. The number of carbonyl (C=O) groups excluding carboxylic acids is 2. The second kappa shape index (κ2) is 7.17. The molecule has 1 saturated heterocycles. The average Bonchev–Trinajstić information content (AvgIpc) is 2.33. The summed E-state index contributed by atoms with van der Waals surface area (Å²) in [6.07, 6.45) is 2.74. The lowest BCUT2D eigenvalue weighted by Crippen LogP contribution is -2.65. The summed E-state index contributed by atoms with van der Waals surface area (Å²) in [6.45, 7) is 8.71. The maximum absolute atomic E-state index is 12.5. The van der Waals surface area contributed by atoms with Gasteiger partial charge >= 0.3 is 0 Å². The molecule has 1 aliphatic heterocycles. The van der Waals surface area contributed by atoms with Crippen LogP contribution in [0, 0.1) is 11.8 Å². The highest BCUT2D eigenvalue weighted by Crippen LogP contribution is 2.20. The molecule has 0 spiro atoms. The summed E-state index contributed by atoms with van der Waals surface area (Å²) in [4.78, 5) is 26.4. The van der Waals surface area contributed by atoms with E-state index in [4.69, 9.17) is 0 Å². The van der Waals surface area contributed by atoms with Crippen molar-refractivity contribution < 1.29 is 9.59 Å². The monoisotopic (exact) mass is 286 g/mol. The van der Waals surface area contributed by atoms with E-state index in [1.807, 2.05) is 20.8 Å². The number of carbonyl (C=O) groups is 2. The fourth-order valence-electron chi connectivity index (χ4n) is 2.53. The Bertz CT molecular complexity index is 333. The first-order valence-corrected chi connectivity index (χ1v) is 8.41. The van der Waals surface area contributed by atoms with Crippen molar-refractivity contribution in [1.29, 1.82) is 0 Å². The Labute approximate surface area is 120 Å². The molecule has 3 unspecified atom stereocenters. The summed E-state index contributed by atoms with van der Waals surface area (Å²) < 4.78 is 0. The Morgan fingerprint density at radius 3 is 2.42 bits per heavy atom. The van der Waals surface area contributed by atoms with Crippen molar-refractivity contribution in [3.8, 4) is 0 Å². The van der Waals surface area contributed by atoms with Gasteiger partial charge in [-0.05, 0) is 30.3 Å². The van der Waals surface area contributed by atoms with Crippen LogP contribution in [0.2, 0.25) is 0 Å². The van der Waals surface area contributed by atoms with Crippen molar-refractivity contribution in [1.82, 2.24) is 10.2 Å². The number of thioether (sulfide) groups is 1. The smallest absolute Gasteiger partial charge is 0.246 e. The highest BCUT2D eigenvalue weighted by molar-refractivity contribution is 7.98. The lowest BCUT2D eigenvalue weighted by atomic mass is 9.96. The molecule has 0 saturated carbocycles. The van der Waals surface area contributed by atoms with Gasteiger partial charge < -0.3 is 10.2 Å². The normalized spacial score (nSPS) is 25.7. The molecule has 110 valence electrons. The molecule has 2 amide bonds. The fraction of sp³-hybridized carbons (Fsp3) is 0.857. The van der Waals surface area contributed by atoms with Crippen LogP contribution in [0.1, 0.15) is 34.1 Å². The number of nitrogens with one attached hydrogen (secondary N) is 1. The van der Waals surface area contributed by atoms with Gasteiger partial charge in [0.2, 0.25) is 11.8 Å². The van der Waals surface area contributed by atoms with Crippen molar-refractivity contribution in [3.05, 3.63) is 0 Å². The molecule has 1 aliphatic rings. The zero-order valence-corrected chi connectivity index (χ0v) is 13.4. The molecule has 1 rings (SSSR count). The van der Waals surface area contributed by atoms with Crippen LogP contribution in [0.5, 0.6) is 0 Å². The Morgan fingerprint density at radius 1 is 1.32 bits per heavy atom. The Morgan fingerprint density at radius 2 is 1.95 bits per heavy atom. The first-order chi connectivity index (χ1) is 8.92. The van der Waals surface area contributed by atoms with Crippen LogP contribution in [-0.2, 0) is 9.59 Å². The fourth-order valence-corrected chi connectivity index (χ4v) is 3.21. The molecule has 0 aliphatic carbocycles. The summed E-state index contributed by atoms with van der Waals surface area (Å²) in [5.74, 6) is 1.62. The van der Waals surface area contributed by atoms with E-state index in [1.165, 1.54) is 0 Å². The van der Waals surface area contributed by atoms with E-state index in [-0.39, 0.29) is 29.8 Å². The molecule has 3 atom stereocenters. The van der Waals surface area contributed by atoms with Gasteiger partial charge in [0.25, 0.3) is 0 Å². The third-order valence-electron chi connectivity index (χ3n) is 3.54. The molecule has 5 heteroatoms. The second-order valence-corrected chi connectivity index (χ2v) is 6.62. The van der Waals surface area contributed by atoms with E-state index in [1.54, 1.807) is 16.7 Å². The van der Waals surface area contributed by atoms with Crippen molar-refractivity contribution in [2.24, 2.45) is 11.8 Å². The summed E-state index contributed by atoms with van der Waals surface area (Å²) in [7, 11) is 0. The van der Waals surface area contributed by atoms with Gasteiger partial charge in [0.1, 0.15) is 12.1 Å². The predicted molar refractivity (Wildman–Crippen MR) is 80.1 cm³/mol. The number of piperazine rings is 1. The molecule has 1 fully saturated rings. The molecule has 0 aromatic rings. The van der Waals surface area contributed by atoms with Crippen molar-refractivity contribution in [2.45, 2.75) is 46.2 Å². The van der Waals surface area contributed by atoms with E-state index < -0.39 is 0 Å². The lowest BCUT2D eigenvalue weighted by Gasteiger charge is -2.41. The van der Waals surface area contributed by atoms with E-state index in [2.05, 4.69) is 18.5 Å². The predicted octanol–water partition coefficient (Wildman–Crippen LogP) is 1.75. The largest absolute Gasteiger partial charge is 0.342 e. The third-order valence-corrected chi connectivity index (χ3v) is 4.44. The van der Waals surface area contributed by atoms with E-state index in [0.717, 1.165) is 5.75 Å². The molecule has 1 N–H and O–H groups in total. The minimum atomic E-state index is -0.364.